The second-order valence-corrected chi connectivity index (χ2v) is 4.32. The Labute approximate surface area is 98.5 Å². The van der Waals surface area contributed by atoms with Crippen molar-refractivity contribution in [3.05, 3.63) is 23.6 Å². The summed E-state index contributed by atoms with van der Waals surface area (Å²) in [6.07, 6.45) is 2.38. The Balaban J connectivity index is 2.11. The van der Waals surface area contributed by atoms with Crippen molar-refractivity contribution in [3.8, 4) is 0 Å². The van der Waals surface area contributed by atoms with Crippen LogP contribution in [0.4, 0.5) is 0 Å². The van der Waals surface area contributed by atoms with E-state index in [9.17, 15) is 5.11 Å². The van der Waals surface area contributed by atoms with Gasteiger partial charge in [-0.2, -0.15) is 4.98 Å². The second kappa shape index (κ2) is 4.25. The molecule has 92 valence electrons. The largest absolute Gasteiger partial charge is 0.384 e. The summed E-state index contributed by atoms with van der Waals surface area (Å²) < 4.78 is 6.56. The van der Waals surface area contributed by atoms with Crippen molar-refractivity contribution in [2.24, 2.45) is 0 Å². The fourth-order valence-electron chi connectivity index (χ4n) is 1.30. The molecule has 2 heterocycles. The van der Waals surface area contributed by atoms with Crippen LogP contribution in [0.1, 0.15) is 38.2 Å². The molecule has 0 aliphatic carbocycles. The molecule has 0 spiro atoms. The van der Waals surface area contributed by atoms with Gasteiger partial charge in [-0.05, 0) is 13.8 Å². The van der Waals surface area contributed by atoms with Crippen molar-refractivity contribution in [1.82, 2.24) is 25.1 Å². The van der Waals surface area contributed by atoms with Gasteiger partial charge in [-0.15, -0.1) is 5.10 Å². The summed E-state index contributed by atoms with van der Waals surface area (Å²) in [5.41, 5.74) is -0.485. The number of aryl methyl sites for hydroxylation is 1. The van der Waals surface area contributed by atoms with Crippen LogP contribution < -0.4 is 0 Å². The van der Waals surface area contributed by atoms with E-state index in [0.717, 1.165) is 0 Å². The third-order valence-corrected chi connectivity index (χ3v) is 2.28. The Morgan fingerprint density at radius 3 is 2.76 bits per heavy atom. The maximum absolute atomic E-state index is 9.74. The highest BCUT2D eigenvalue weighted by atomic mass is 16.5. The molecule has 1 N–H and O–H groups in total. The monoisotopic (exact) mass is 237 g/mol. The van der Waals surface area contributed by atoms with Gasteiger partial charge in [0.1, 0.15) is 17.8 Å². The minimum absolute atomic E-state index is 0.382. The molecule has 0 atom stereocenters. The summed E-state index contributed by atoms with van der Waals surface area (Å²) >= 11 is 0. The molecule has 2 aromatic rings. The van der Waals surface area contributed by atoms with E-state index in [1.54, 1.807) is 24.7 Å². The van der Waals surface area contributed by atoms with Crippen LogP contribution in [0.2, 0.25) is 0 Å². The van der Waals surface area contributed by atoms with E-state index >= 15 is 0 Å². The van der Waals surface area contributed by atoms with Crippen LogP contribution in [0.5, 0.6) is 0 Å². The van der Waals surface area contributed by atoms with E-state index in [-0.39, 0.29) is 0 Å². The summed E-state index contributed by atoms with van der Waals surface area (Å²) in [7, 11) is 0. The van der Waals surface area contributed by atoms with Crippen LogP contribution >= 0.6 is 0 Å². The van der Waals surface area contributed by atoms with E-state index in [4.69, 9.17) is 4.52 Å². The lowest BCUT2D eigenvalue weighted by atomic mass is 10.1. The average molecular weight is 237 g/mol. The topological polar surface area (TPSA) is 89.9 Å². The van der Waals surface area contributed by atoms with Crippen molar-refractivity contribution in [2.75, 3.05) is 0 Å². The molecule has 0 bridgehead atoms. The molecule has 7 nitrogen and oxygen atoms in total. The van der Waals surface area contributed by atoms with E-state index in [0.29, 0.717) is 30.4 Å². The first-order chi connectivity index (χ1) is 7.99. The predicted octanol–water partition coefficient (Wildman–Crippen LogP) is 0.499. The second-order valence-electron chi connectivity index (χ2n) is 4.32. The van der Waals surface area contributed by atoms with Gasteiger partial charge < -0.3 is 9.63 Å². The molecule has 2 rings (SSSR count). The highest BCUT2D eigenvalue weighted by Gasteiger charge is 2.20. The lowest BCUT2D eigenvalue weighted by Crippen LogP contribution is -2.15. The zero-order valence-electron chi connectivity index (χ0n) is 10.1. The fourth-order valence-corrected chi connectivity index (χ4v) is 1.30. The van der Waals surface area contributed by atoms with Crippen LogP contribution in [0, 0.1) is 0 Å². The first-order valence-corrected chi connectivity index (χ1v) is 5.43. The average Bonchev–Trinajstić information content (AvgIpc) is 2.86. The first kappa shape index (κ1) is 11.7. The summed E-state index contributed by atoms with van der Waals surface area (Å²) in [6, 6.07) is 0. The molecule has 0 amide bonds. The van der Waals surface area contributed by atoms with E-state index in [2.05, 4.69) is 20.5 Å². The van der Waals surface area contributed by atoms with Crippen molar-refractivity contribution in [2.45, 2.75) is 39.3 Å². The third-order valence-electron chi connectivity index (χ3n) is 2.28. The molecule has 7 heteroatoms. The van der Waals surface area contributed by atoms with E-state index in [1.165, 1.54) is 0 Å². The van der Waals surface area contributed by atoms with Crippen LogP contribution in [-0.4, -0.2) is 30.2 Å². The van der Waals surface area contributed by atoms with E-state index < -0.39 is 5.60 Å². The first-order valence-electron chi connectivity index (χ1n) is 5.43. The fraction of sp³-hybridized carbons (Fsp3) is 0.600. The molecule has 0 saturated heterocycles. The smallest absolute Gasteiger partial charge is 0.226 e. The minimum atomic E-state index is -0.996. The molecule has 0 saturated carbocycles. The lowest BCUT2D eigenvalue weighted by Gasteiger charge is -2.11. The maximum Gasteiger partial charge on any atom is 0.226 e. The van der Waals surface area contributed by atoms with Crippen molar-refractivity contribution in [3.63, 3.8) is 0 Å². The van der Waals surface area contributed by atoms with Gasteiger partial charge in [-0.25, -0.2) is 4.68 Å². The highest BCUT2D eigenvalue weighted by Crippen LogP contribution is 2.15. The quantitative estimate of drug-likeness (QED) is 0.832. The molecular weight excluding hydrogens is 222 g/mol. The molecular formula is C10H15N5O2. The van der Waals surface area contributed by atoms with Gasteiger partial charge in [-0.3, -0.25) is 0 Å². The molecule has 0 unspecified atom stereocenters. The Morgan fingerprint density at radius 2 is 2.24 bits per heavy atom. The zero-order valence-corrected chi connectivity index (χ0v) is 10.1. The molecule has 0 aromatic carbocycles. The Morgan fingerprint density at radius 1 is 1.47 bits per heavy atom. The normalized spacial score (nSPS) is 12.0. The van der Waals surface area contributed by atoms with Gasteiger partial charge in [0.25, 0.3) is 0 Å². The summed E-state index contributed by atoms with van der Waals surface area (Å²) in [5, 5.41) is 21.3. The number of aliphatic hydroxyl groups is 1. The number of hydrogen-bond donors (Lipinski definition) is 1. The summed E-state index contributed by atoms with van der Waals surface area (Å²) in [6.45, 7) is 5.64. The molecule has 0 aliphatic rings. The summed E-state index contributed by atoms with van der Waals surface area (Å²) in [4.78, 5) is 4.17. The van der Waals surface area contributed by atoms with Crippen molar-refractivity contribution in [1.29, 1.82) is 0 Å². The number of aromatic nitrogens is 5. The summed E-state index contributed by atoms with van der Waals surface area (Å²) in [5.74, 6) is 1.15. The van der Waals surface area contributed by atoms with Crippen molar-refractivity contribution >= 4 is 0 Å². The van der Waals surface area contributed by atoms with Gasteiger partial charge in [-0.1, -0.05) is 17.3 Å². The molecule has 0 radical (unpaired) electrons. The third kappa shape index (κ3) is 2.68. The van der Waals surface area contributed by atoms with Crippen molar-refractivity contribution < 1.29 is 9.63 Å². The highest BCUT2D eigenvalue weighted by molar-refractivity contribution is 5.03. The number of rotatable bonds is 4. The lowest BCUT2D eigenvalue weighted by molar-refractivity contribution is 0.0737. The molecule has 0 aliphatic heterocycles. The Bertz CT molecular complexity index is 497. The van der Waals surface area contributed by atoms with Gasteiger partial charge in [0, 0.05) is 6.42 Å². The SMILES string of the molecule is CCc1nc(Cn2cc(C(C)(C)O)nn2)no1. The predicted molar refractivity (Wildman–Crippen MR) is 58.0 cm³/mol. The Hall–Kier alpha value is -1.76. The van der Waals surface area contributed by atoms with Gasteiger partial charge in [0.15, 0.2) is 5.82 Å². The zero-order chi connectivity index (χ0) is 12.5. The Kier molecular flexibility index (Phi) is 2.93. The standard InChI is InChI=1S/C10H15N5O2/c1-4-9-11-8(13-17-9)6-15-5-7(12-14-15)10(2,3)16/h5,16H,4,6H2,1-3H3. The number of nitrogens with zero attached hydrogens (tertiary/aromatic N) is 5. The van der Waals surface area contributed by atoms with Crippen LogP contribution in [0.25, 0.3) is 0 Å². The van der Waals surface area contributed by atoms with E-state index in [1.807, 2.05) is 6.92 Å². The van der Waals surface area contributed by atoms with Crippen LogP contribution in [-0.2, 0) is 18.6 Å². The van der Waals surface area contributed by atoms with Crippen LogP contribution in [0.3, 0.4) is 0 Å². The van der Waals surface area contributed by atoms with Gasteiger partial charge in [0.05, 0.1) is 6.20 Å². The molecule has 0 fully saturated rings. The maximum atomic E-state index is 9.74. The molecule has 17 heavy (non-hydrogen) atoms. The number of hydrogen-bond acceptors (Lipinski definition) is 6. The molecule has 2 aromatic heterocycles. The minimum Gasteiger partial charge on any atom is -0.384 e. The van der Waals surface area contributed by atoms with Gasteiger partial charge in [0.2, 0.25) is 5.89 Å². The van der Waals surface area contributed by atoms with Gasteiger partial charge >= 0.3 is 0 Å². The van der Waals surface area contributed by atoms with Crippen LogP contribution in [0.15, 0.2) is 10.7 Å².